The van der Waals surface area contributed by atoms with Crippen molar-refractivity contribution in [2.75, 3.05) is 13.1 Å². The number of thioether (sulfide) groups is 1. The minimum Gasteiger partial charge on any atom is -0.294 e. The van der Waals surface area contributed by atoms with Gasteiger partial charge in [0.2, 0.25) is 0 Å². The zero-order valence-corrected chi connectivity index (χ0v) is 20.9. The maximum absolute atomic E-state index is 13.7. The Hall–Kier alpha value is -2.48. The summed E-state index contributed by atoms with van der Waals surface area (Å²) in [4.78, 5) is 7.05. The summed E-state index contributed by atoms with van der Waals surface area (Å²) < 4.78 is 15.7. The molecule has 1 saturated heterocycles. The van der Waals surface area contributed by atoms with Crippen molar-refractivity contribution in [3.8, 4) is 5.69 Å². The summed E-state index contributed by atoms with van der Waals surface area (Å²) in [7, 11) is 0. The maximum atomic E-state index is 13.7. The van der Waals surface area contributed by atoms with Crippen molar-refractivity contribution >= 4 is 34.3 Å². The molecule has 0 aliphatic carbocycles. The lowest BCUT2D eigenvalue weighted by molar-refractivity contribution is 0.167. The Morgan fingerprint density at radius 2 is 1.79 bits per heavy atom. The molecule has 1 aliphatic rings. The highest BCUT2D eigenvalue weighted by Crippen LogP contribution is 2.32. The number of pyridine rings is 1. The van der Waals surface area contributed by atoms with Gasteiger partial charge in [-0.25, -0.2) is 9.37 Å². The van der Waals surface area contributed by atoms with Crippen LogP contribution in [0.2, 0.25) is 5.15 Å². The zero-order chi connectivity index (χ0) is 23.7. The lowest BCUT2D eigenvalue weighted by Crippen LogP contribution is -2.33. The number of nitrogens with zero attached hydrogens (tertiary/aromatic N) is 5. The third-order valence-electron chi connectivity index (χ3n) is 6.41. The van der Waals surface area contributed by atoms with Gasteiger partial charge >= 0.3 is 0 Å². The Kier molecular flexibility index (Phi) is 6.86. The third kappa shape index (κ3) is 4.83. The Bertz CT molecular complexity index is 1300. The van der Waals surface area contributed by atoms with E-state index in [9.17, 15) is 4.39 Å². The van der Waals surface area contributed by atoms with E-state index in [2.05, 4.69) is 49.8 Å². The second-order valence-electron chi connectivity index (χ2n) is 8.85. The average molecular weight is 496 g/mol. The molecule has 0 saturated carbocycles. The summed E-state index contributed by atoms with van der Waals surface area (Å²) in [6, 6.07) is 14.9. The van der Waals surface area contributed by atoms with E-state index in [0.29, 0.717) is 10.9 Å². The number of rotatable bonds is 6. The van der Waals surface area contributed by atoms with Gasteiger partial charge in [-0.2, -0.15) is 0 Å². The summed E-state index contributed by atoms with van der Waals surface area (Å²) in [5, 5.41) is 11.4. The van der Waals surface area contributed by atoms with Crippen LogP contribution >= 0.6 is 23.4 Å². The molecular weight excluding hydrogens is 469 g/mol. The molecule has 1 atom stereocenters. The fourth-order valence-electron chi connectivity index (χ4n) is 4.49. The highest BCUT2D eigenvalue weighted by atomic mass is 35.5. The second kappa shape index (κ2) is 10.0. The lowest BCUT2D eigenvalue weighted by atomic mass is 10.1. The number of halogens is 2. The van der Waals surface area contributed by atoms with Crippen molar-refractivity contribution in [2.24, 2.45) is 0 Å². The van der Waals surface area contributed by atoms with E-state index in [0.717, 1.165) is 51.8 Å². The number of hydrogen-bond donors (Lipinski definition) is 0. The van der Waals surface area contributed by atoms with Crippen LogP contribution in [0.3, 0.4) is 0 Å². The molecule has 0 N–H and O–H groups in total. The predicted molar refractivity (Wildman–Crippen MR) is 136 cm³/mol. The van der Waals surface area contributed by atoms with E-state index in [1.54, 1.807) is 23.9 Å². The normalized spacial score (nSPS) is 15.6. The van der Waals surface area contributed by atoms with Crippen LogP contribution < -0.4 is 0 Å². The van der Waals surface area contributed by atoms with Crippen LogP contribution in [0.5, 0.6) is 0 Å². The fraction of sp³-hybridized carbons (Fsp3) is 0.346. The third-order valence-corrected chi connectivity index (χ3v) is 7.72. The van der Waals surface area contributed by atoms with Crippen LogP contribution in [0.1, 0.15) is 49.2 Å². The number of benzene rings is 2. The van der Waals surface area contributed by atoms with Crippen molar-refractivity contribution in [1.29, 1.82) is 0 Å². The van der Waals surface area contributed by atoms with E-state index < -0.39 is 0 Å². The molecule has 0 radical (unpaired) electrons. The first kappa shape index (κ1) is 23.3. The zero-order valence-electron chi connectivity index (χ0n) is 19.3. The standard InChI is InChI=1S/C26H27ClFN5S/c1-17-6-7-19-15-20(24(27)29-23(19)14-17)16-34-26-31-30-25(18(2)32-12-4-3-5-13-32)33(26)22-10-8-21(28)9-11-22/h6-11,14-15,18H,3-5,12-13,16H2,1-2H3. The first-order valence-electron chi connectivity index (χ1n) is 11.6. The van der Waals surface area contributed by atoms with Crippen molar-refractivity contribution in [2.45, 2.75) is 50.1 Å². The monoisotopic (exact) mass is 495 g/mol. The van der Waals surface area contributed by atoms with Crippen molar-refractivity contribution in [3.05, 3.63) is 76.5 Å². The van der Waals surface area contributed by atoms with Crippen LogP contribution in [0.15, 0.2) is 53.7 Å². The summed E-state index contributed by atoms with van der Waals surface area (Å²) in [6.45, 7) is 6.33. The van der Waals surface area contributed by atoms with E-state index in [4.69, 9.17) is 11.6 Å². The quantitative estimate of drug-likeness (QED) is 0.218. The minimum absolute atomic E-state index is 0.112. The van der Waals surface area contributed by atoms with E-state index >= 15 is 0 Å². The highest BCUT2D eigenvalue weighted by molar-refractivity contribution is 7.98. The van der Waals surface area contributed by atoms with Gasteiger partial charge in [0.15, 0.2) is 11.0 Å². The van der Waals surface area contributed by atoms with Crippen molar-refractivity contribution in [1.82, 2.24) is 24.6 Å². The van der Waals surface area contributed by atoms with Crippen molar-refractivity contribution in [3.63, 3.8) is 0 Å². The highest BCUT2D eigenvalue weighted by Gasteiger charge is 2.25. The molecule has 0 spiro atoms. The molecule has 34 heavy (non-hydrogen) atoms. The molecule has 5 nitrogen and oxygen atoms in total. The SMILES string of the molecule is Cc1ccc2cc(CSc3nnc(C(C)N4CCCCC4)n3-c3ccc(F)cc3)c(Cl)nc2c1. The molecule has 1 aliphatic heterocycles. The maximum Gasteiger partial charge on any atom is 0.196 e. The van der Waals surface area contributed by atoms with Crippen LogP contribution in [-0.4, -0.2) is 37.7 Å². The van der Waals surface area contributed by atoms with Crippen LogP contribution in [0.4, 0.5) is 4.39 Å². The number of likely N-dealkylation sites (tertiary alicyclic amines) is 1. The predicted octanol–water partition coefficient (Wildman–Crippen LogP) is 6.76. The topological polar surface area (TPSA) is 46.8 Å². The first-order valence-corrected chi connectivity index (χ1v) is 13.0. The van der Waals surface area contributed by atoms with Gasteiger partial charge in [-0.15, -0.1) is 10.2 Å². The molecule has 1 fully saturated rings. The lowest BCUT2D eigenvalue weighted by Gasteiger charge is -2.31. The number of fused-ring (bicyclic) bond motifs is 1. The summed E-state index contributed by atoms with van der Waals surface area (Å²) in [5.74, 6) is 1.21. The molecule has 0 amide bonds. The molecule has 0 bridgehead atoms. The number of aromatic nitrogens is 4. The smallest absolute Gasteiger partial charge is 0.196 e. The molecule has 5 rings (SSSR count). The van der Waals surface area contributed by atoms with Gasteiger partial charge in [-0.3, -0.25) is 9.47 Å². The molecule has 3 heterocycles. The van der Waals surface area contributed by atoms with Gasteiger partial charge in [-0.1, -0.05) is 41.9 Å². The molecule has 176 valence electrons. The van der Waals surface area contributed by atoms with Gasteiger partial charge in [0.1, 0.15) is 11.0 Å². The molecule has 2 aromatic carbocycles. The Balaban J connectivity index is 1.47. The minimum atomic E-state index is -0.263. The first-order chi connectivity index (χ1) is 16.5. The van der Waals surface area contributed by atoms with Gasteiger partial charge < -0.3 is 0 Å². The van der Waals surface area contributed by atoms with E-state index in [1.807, 2.05) is 13.0 Å². The average Bonchev–Trinajstić information content (AvgIpc) is 3.27. The van der Waals surface area contributed by atoms with E-state index in [-0.39, 0.29) is 11.9 Å². The van der Waals surface area contributed by atoms with Gasteiger partial charge in [0.05, 0.1) is 11.6 Å². The largest absolute Gasteiger partial charge is 0.294 e. The van der Waals surface area contributed by atoms with Gasteiger partial charge in [0, 0.05) is 22.4 Å². The summed E-state index contributed by atoms with van der Waals surface area (Å²) in [6.07, 6.45) is 3.67. The number of hydrogen-bond acceptors (Lipinski definition) is 5. The Labute approximate surface area is 208 Å². The molecule has 8 heteroatoms. The van der Waals surface area contributed by atoms with Crippen LogP contribution in [-0.2, 0) is 5.75 Å². The van der Waals surface area contributed by atoms with Crippen molar-refractivity contribution < 1.29 is 4.39 Å². The van der Waals surface area contributed by atoms with Gasteiger partial charge in [-0.05, 0) is 81.7 Å². The van der Waals surface area contributed by atoms with Crippen LogP contribution in [0.25, 0.3) is 16.6 Å². The molecule has 1 unspecified atom stereocenters. The van der Waals surface area contributed by atoms with E-state index in [1.165, 1.54) is 31.4 Å². The number of aryl methyl sites for hydroxylation is 1. The molecule has 4 aromatic rings. The number of piperidine rings is 1. The summed E-state index contributed by atoms with van der Waals surface area (Å²) >= 11 is 8.10. The van der Waals surface area contributed by atoms with Crippen LogP contribution in [0, 0.1) is 12.7 Å². The Morgan fingerprint density at radius 1 is 1.03 bits per heavy atom. The Morgan fingerprint density at radius 3 is 2.56 bits per heavy atom. The van der Waals surface area contributed by atoms with Gasteiger partial charge in [0.25, 0.3) is 0 Å². The molecule has 2 aromatic heterocycles. The summed E-state index contributed by atoms with van der Waals surface area (Å²) in [5.41, 5.74) is 3.85. The second-order valence-corrected chi connectivity index (χ2v) is 10.1. The molecular formula is C26H27ClFN5S. The fourth-order valence-corrected chi connectivity index (χ4v) is 5.71.